The summed E-state index contributed by atoms with van der Waals surface area (Å²) in [5.41, 5.74) is -0.154. The third-order valence-electron chi connectivity index (χ3n) is 4.23. The quantitative estimate of drug-likeness (QED) is 0.892. The first kappa shape index (κ1) is 18.2. The minimum atomic E-state index is -0.990. The van der Waals surface area contributed by atoms with Crippen LogP contribution in [0.15, 0.2) is 24.3 Å². The Hall–Kier alpha value is -0.810. The van der Waals surface area contributed by atoms with E-state index in [0.29, 0.717) is 6.42 Å². The maximum Gasteiger partial charge on any atom is 0.119 e. The van der Waals surface area contributed by atoms with E-state index in [-0.39, 0.29) is 18.3 Å². The number of hydrogen-bond acceptors (Lipinski definition) is 4. The molecule has 2 rings (SSSR count). The van der Waals surface area contributed by atoms with E-state index in [9.17, 15) is 10.2 Å². The first-order chi connectivity index (χ1) is 9.45. The molecule has 1 saturated carbocycles. The highest BCUT2D eigenvalue weighted by molar-refractivity contribution is 5.85. The van der Waals surface area contributed by atoms with Crippen LogP contribution in [0.4, 0.5) is 0 Å². The SMILES string of the molecule is COc1cccc([C@]2(O)C[C@H](O)CC[C@@H]2CN(C)C)c1.Cl. The number of aliphatic hydroxyl groups is 2. The fourth-order valence-corrected chi connectivity index (χ4v) is 3.19. The molecule has 120 valence electrons. The van der Waals surface area contributed by atoms with Crippen molar-refractivity contribution in [2.75, 3.05) is 27.7 Å². The molecule has 1 aromatic carbocycles. The average molecular weight is 316 g/mol. The highest BCUT2D eigenvalue weighted by Gasteiger charge is 2.43. The first-order valence-electron chi connectivity index (χ1n) is 7.15. The van der Waals surface area contributed by atoms with Crippen molar-refractivity contribution >= 4 is 12.4 Å². The molecule has 2 N–H and O–H groups in total. The monoisotopic (exact) mass is 315 g/mol. The Labute approximate surface area is 133 Å². The van der Waals surface area contributed by atoms with Crippen LogP contribution in [0.25, 0.3) is 0 Å². The van der Waals surface area contributed by atoms with Gasteiger partial charge in [0.1, 0.15) is 5.75 Å². The van der Waals surface area contributed by atoms with Crippen LogP contribution in [0.5, 0.6) is 5.75 Å². The van der Waals surface area contributed by atoms with Gasteiger partial charge in [-0.3, -0.25) is 0 Å². The van der Waals surface area contributed by atoms with E-state index in [1.54, 1.807) is 7.11 Å². The minimum absolute atomic E-state index is 0. The average Bonchev–Trinajstić information content (AvgIpc) is 2.42. The predicted molar refractivity (Wildman–Crippen MR) is 86.0 cm³/mol. The predicted octanol–water partition coefficient (Wildman–Crippen LogP) is 2.03. The summed E-state index contributed by atoms with van der Waals surface area (Å²) < 4.78 is 5.25. The van der Waals surface area contributed by atoms with Crippen molar-refractivity contribution in [1.82, 2.24) is 4.90 Å². The molecule has 1 aliphatic carbocycles. The maximum absolute atomic E-state index is 11.2. The molecule has 3 atom stereocenters. The lowest BCUT2D eigenvalue weighted by Gasteiger charge is -2.43. The molecule has 0 heterocycles. The van der Waals surface area contributed by atoms with E-state index in [1.807, 2.05) is 38.4 Å². The molecule has 5 heteroatoms. The fraction of sp³-hybridized carbons (Fsp3) is 0.625. The van der Waals surface area contributed by atoms with Crippen molar-refractivity contribution in [2.24, 2.45) is 5.92 Å². The van der Waals surface area contributed by atoms with Gasteiger partial charge in [0.15, 0.2) is 0 Å². The highest BCUT2D eigenvalue weighted by atomic mass is 35.5. The molecular formula is C16H26ClNO3. The Morgan fingerprint density at radius 2 is 2.05 bits per heavy atom. The number of nitrogens with zero attached hydrogens (tertiary/aromatic N) is 1. The molecule has 0 aromatic heterocycles. The Morgan fingerprint density at radius 3 is 2.67 bits per heavy atom. The molecule has 0 radical (unpaired) electrons. The van der Waals surface area contributed by atoms with Crippen molar-refractivity contribution in [2.45, 2.75) is 31.0 Å². The van der Waals surface area contributed by atoms with Crippen molar-refractivity contribution in [1.29, 1.82) is 0 Å². The summed E-state index contributed by atoms with van der Waals surface area (Å²) in [6.45, 7) is 0.806. The summed E-state index contributed by atoms with van der Waals surface area (Å²) in [6, 6.07) is 7.55. The zero-order valence-electron chi connectivity index (χ0n) is 13.0. The first-order valence-corrected chi connectivity index (χ1v) is 7.15. The maximum atomic E-state index is 11.2. The molecule has 1 aliphatic rings. The van der Waals surface area contributed by atoms with Gasteiger partial charge in [0, 0.05) is 18.9 Å². The van der Waals surface area contributed by atoms with Crippen LogP contribution in [-0.4, -0.2) is 49.0 Å². The van der Waals surface area contributed by atoms with Crippen molar-refractivity contribution in [3.63, 3.8) is 0 Å². The lowest BCUT2D eigenvalue weighted by molar-refractivity contribution is -0.0992. The van der Waals surface area contributed by atoms with Gasteiger partial charge < -0.3 is 19.8 Å². The second kappa shape index (κ2) is 7.45. The molecule has 0 unspecified atom stereocenters. The summed E-state index contributed by atoms with van der Waals surface area (Å²) in [4.78, 5) is 2.09. The van der Waals surface area contributed by atoms with Gasteiger partial charge in [-0.05, 0) is 44.6 Å². The Kier molecular flexibility index (Phi) is 6.47. The van der Waals surface area contributed by atoms with Gasteiger partial charge in [-0.25, -0.2) is 0 Å². The normalized spacial score (nSPS) is 29.0. The number of methoxy groups -OCH3 is 1. The van der Waals surface area contributed by atoms with Crippen molar-refractivity contribution < 1.29 is 14.9 Å². The minimum Gasteiger partial charge on any atom is -0.497 e. The second-order valence-corrected chi connectivity index (χ2v) is 6.05. The molecule has 0 aliphatic heterocycles. The number of benzene rings is 1. The van der Waals surface area contributed by atoms with E-state index in [0.717, 1.165) is 30.7 Å². The zero-order chi connectivity index (χ0) is 14.8. The third kappa shape index (κ3) is 4.10. The van der Waals surface area contributed by atoms with Gasteiger partial charge >= 0.3 is 0 Å². The van der Waals surface area contributed by atoms with Crippen LogP contribution in [0.2, 0.25) is 0 Å². The zero-order valence-corrected chi connectivity index (χ0v) is 13.8. The third-order valence-corrected chi connectivity index (χ3v) is 4.23. The molecule has 0 saturated heterocycles. The van der Waals surface area contributed by atoms with Crippen LogP contribution in [-0.2, 0) is 5.60 Å². The lowest BCUT2D eigenvalue weighted by Crippen LogP contribution is -2.46. The smallest absolute Gasteiger partial charge is 0.119 e. The number of halogens is 1. The van der Waals surface area contributed by atoms with Gasteiger partial charge in [-0.2, -0.15) is 0 Å². The van der Waals surface area contributed by atoms with Gasteiger partial charge in [-0.1, -0.05) is 12.1 Å². The number of aliphatic hydroxyl groups excluding tert-OH is 1. The van der Waals surface area contributed by atoms with Gasteiger partial charge in [0.2, 0.25) is 0 Å². The number of rotatable bonds is 4. The van der Waals surface area contributed by atoms with Gasteiger partial charge in [0.25, 0.3) is 0 Å². The molecule has 0 spiro atoms. The number of hydrogen-bond donors (Lipinski definition) is 2. The van der Waals surface area contributed by atoms with Gasteiger partial charge in [0.05, 0.1) is 18.8 Å². The topological polar surface area (TPSA) is 52.9 Å². The van der Waals surface area contributed by atoms with Crippen LogP contribution in [0.1, 0.15) is 24.8 Å². The summed E-state index contributed by atoms with van der Waals surface area (Å²) >= 11 is 0. The van der Waals surface area contributed by atoms with E-state index in [4.69, 9.17) is 4.74 Å². The van der Waals surface area contributed by atoms with Gasteiger partial charge in [-0.15, -0.1) is 12.4 Å². The van der Waals surface area contributed by atoms with E-state index in [2.05, 4.69) is 4.90 Å². The van der Waals surface area contributed by atoms with Crippen LogP contribution < -0.4 is 4.74 Å². The Morgan fingerprint density at radius 1 is 1.33 bits per heavy atom. The molecule has 21 heavy (non-hydrogen) atoms. The summed E-state index contributed by atoms with van der Waals surface area (Å²) in [6.07, 6.45) is 1.53. The molecule has 1 fully saturated rings. The number of ether oxygens (including phenoxy) is 1. The molecule has 1 aromatic rings. The summed E-state index contributed by atoms with van der Waals surface area (Å²) in [5.74, 6) is 0.854. The Balaban J connectivity index is 0.00000220. The van der Waals surface area contributed by atoms with E-state index < -0.39 is 11.7 Å². The highest BCUT2D eigenvalue weighted by Crippen LogP contribution is 2.42. The molecule has 4 nitrogen and oxygen atoms in total. The standard InChI is InChI=1S/C16H25NO3.ClH/c1-17(2)11-13-7-8-14(18)10-16(13,19)12-5-4-6-15(9-12)20-3;/h4-6,9,13-14,18-19H,7-8,10-11H2,1-3H3;1H/t13-,14-,16-;/m1./s1. The Bertz CT molecular complexity index is 455. The molecular weight excluding hydrogens is 290 g/mol. The van der Waals surface area contributed by atoms with Crippen LogP contribution >= 0.6 is 12.4 Å². The van der Waals surface area contributed by atoms with E-state index >= 15 is 0 Å². The molecule has 0 amide bonds. The van der Waals surface area contributed by atoms with Crippen LogP contribution in [0.3, 0.4) is 0 Å². The summed E-state index contributed by atoms with van der Waals surface area (Å²) in [5, 5.41) is 21.2. The molecule has 0 bridgehead atoms. The lowest BCUT2D eigenvalue weighted by atomic mass is 9.70. The van der Waals surface area contributed by atoms with Crippen LogP contribution in [0, 0.1) is 5.92 Å². The summed E-state index contributed by atoms with van der Waals surface area (Å²) in [7, 11) is 5.64. The largest absolute Gasteiger partial charge is 0.497 e. The fourth-order valence-electron chi connectivity index (χ4n) is 3.19. The van der Waals surface area contributed by atoms with Crippen molar-refractivity contribution in [3.05, 3.63) is 29.8 Å². The van der Waals surface area contributed by atoms with Crippen molar-refractivity contribution in [3.8, 4) is 5.75 Å². The second-order valence-electron chi connectivity index (χ2n) is 6.05. The van der Waals surface area contributed by atoms with E-state index in [1.165, 1.54) is 0 Å².